The molecule has 2 aliphatic heterocycles. The van der Waals surface area contributed by atoms with E-state index < -0.39 is 0 Å². The molecule has 1 amide bonds. The van der Waals surface area contributed by atoms with Crippen LogP contribution in [-0.2, 0) is 11.2 Å². The van der Waals surface area contributed by atoms with Crippen LogP contribution in [0, 0.1) is 0 Å². The number of hydrogen-bond donors (Lipinski definition) is 1. The first kappa shape index (κ1) is 15.9. The minimum absolute atomic E-state index is 0.0469. The van der Waals surface area contributed by atoms with Gasteiger partial charge in [0.15, 0.2) is 0 Å². The lowest BCUT2D eigenvalue weighted by Crippen LogP contribution is -2.34. The summed E-state index contributed by atoms with van der Waals surface area (Å²) in [6.07, 6.45) is 0.981. The van der Waals surface area contributed by atoms with Crippen LogP contribution in [0.3, 0.4) is 0 Å². The molecule has 2 aliphatic rings. The van der Waals surface area contributed by atoms with E-state index in [4.69, 9.17) is 10.5 Å². The number of methoxy groups -OCH3 is 1. The fraction of sp³-hybridized carbons (Fsp3) is 0.688. The molecule has 0 aliphatic carbocycles. The zero-order valence-electron chi connectivity index (χ0n) is 13.5. The molecule has 0 bridgehead atoms. The first-order chi connectivity index (χ1) is 10.5. The maximum atomic E-state index is 12.7. The van der Waals surface area contributed by atoms with Gasteiger partial charge in [-0.1, -0.05) is 6.92 Å². The van der Waals surface area contributed by atoms with E-state index in [-0.39, 0.29) is 18.1 Å². The topological polar surface area (TPSA) is 58.8 Å². The molecule has 2 N–H and O–H groups in total. The largest absolute Gasteiger partial charge is 0.378 e. The van der Waals surface area contributed by atoms with E-state index in [0.29, 0.717) is 19.0 Å². The van der Waals surface area contributed by atoms with Gasteiger partial charge in [-0.15, -0.1) is 11.3 Å². The fourth-order valence-corrected chi connectivity index (χ4v) is 4.71. The van der Waals surface area contributed by atoms with Crippen molar-refractivity contribution >= 4 is 17.2 Å². The molecular weight excluding hydrogens is 298 g/mol. The van der Waals surface area contributed by atoms with Crippen LogP contribution in [-0.4, -0.2) is 68.2 Å². The van der Waals surface area contributed by atoms with Gasteiger partial charge in [0, 0.05) is 44.1 Å². The standard InChI is InChI=1S/C16H25N3O2S/c1-10-7-18(2)5-4-11-6-14(22-15(10)11)16(20)19-8-12(17)13(9-19)21-3/h6,10,12-13H,4-5,7-9,17H2,1-3H3. The molecule has 0 spiro atoms. The van der Waals surface area contributed by atoms with Crippen LogP contribution in [0.5, 0.6) is 0 Å². The van der Waals surface area contributed by atoms with E-state index in [9.17, 15) is 4.79 Å². The Morgan fingerprint density at radius 2 is 2.18 bits per heavy atom. The zero-order valence-corrected chi connectivity index (χ0v) is 14.4. The highest BCUT2D eigenvalue weighted by Gasteiger charge is 2.34. The van der Waals surface area contributed by atoms with E-state index in [1.807, 2.05) is 4.90 Å². The molecule has 1 fully saturated rings. The Bertz CT molecular complexity index is 560. The van der Waals surface area contributed by atoms with Crippen molar-refractivity contribution in [3.05, 3.63) is 21.4 Å². The van der Waals surface area contributed by atoms with Crippen molar-refractivity contribution in [2.45, 2.75) is 31.4 Å². The molecule has 3 heterocycles. The highest BCUT2D eigenvalue weighted by Crippen LogP contribution is 2.33. The molecule has 6 heteroatoms. The Kier molecular flexibility index (Phi) is 4.54. The second-order valence-corrected chi connectivity index (χ2v) is 7.65. The zero-order chi connectivity index (χ0) is 15.9. The number of nitrogens with two attached hydrogens (primary N) is 1. The molecule has 3 unspecified atom stereocenters. The van der Waals surface area contributed by atoms with Gasteiger partial charge in [0.05, 0.1) is 17.0 Å². The summed E-state index contributed by atoms with van der Waals surface area (Å²) in [6.45, 7) is 5.54. The molecule has 0 aromatic carbocycles. The smallest absolute Gasteiger partial charge is 0.264 e. The minimum Gasteiger partial charge on any atom is -0.378 e. The Morgan fingerprint density at radius 1 is 1.41 bits per heavy atom. The Balaban J connectivity index is 1.78. The summed E-state index contributed by atoms with van der Waals surface area (Å²) in [5.41, 5.74) is 7.37. The molecule has 0 radical (unpaired) electrons. The number of fused-ring (bicyclic) bond motifs is 1. The Labute approximate surface area is 136 Å². The summed E-state index contributed by atoms with van der Waals surface area (Å²) < 4.78 is 5.35. The van der Waals surface area contributed by atoms with Gasteiger partial charge in [0.2, 0.25) is 0 Å². The van der Waals surface area contributed by atoms with Crippen LogP contribution >= 0.6 is 11.3 Å². The monoisotopic (exact) mass is 323 g/mol. The third kappa shape index (κ3) is 2.93. The van der Waals surface area contributed by atoms with Crippen LogP contribution < -0.4 is 5.73 Å². The fourth-order valence-electron chi connectivity index (χ4n) is 3.48. The van der Waals surface area contributed by atoms with Crippen molar-refractivity contribution in [2.24, 2.45) is 5.73 Å². The van der Waals surface area contributed by atoms with Gasteiger partial charge >= 0.3 is 0 Å². The van der Waals surface area contributed by atoms with Crippen LogP contribution in [0.4, 0.5) is 0 Å². The second-order valence-electron chi connectivity index (χ2n) is 6.56. The highest BCUT2D eigenvalue weighted by molar-refractivity contribution is 7.14. The first-order valence-corrected chi connectivity index (χ1v) is 8.70. The molecule has 3 atom stereocenters. The molecule has 5 nitrogen and oxygen atoms in total. The molecule has 1 aromatic heterocycles. The maximum Gasteiger partial charge on any atom is 0.264 e. The average Bonchev–Trinajstić information content (AvgIpc) is 3.04. The van der Waals surface area contributed by atoms with E-state index in [0.717, 1.165) is 24.4 Å². The number of ether oxygens (including phenoxy) is 1. The summed E-state index contributed by atoms with van der Waals surface area (Å²) in [6, 6.07) is 2.02. The van der Waals surface area contributed by atoms with Crippen LogP contribution in [0.25, 0.3) is 0 Å². The predicted octanol–water partition coefficient (Wildman–Crippen LogP) is 1.14. The van der Waals surface area contributed by atoms with Crippen molar-refractivity contribution in [1.82, 2.24) is 9.80 Å². The lowest BCUT2D eigenvalue weighted by atomic mass is 10.1. The number of hydrogen-bond acceptors (Lipinski definition) is 5. The van der Waals surface area contributed by atoms with E-state index in [2.05, 4.69) is 24.9 Å². The predicted molar refractivity (Wildman–Crippen MR) is 88.6 cm³/mol. The lowest BCUT2D eigenvalue weighted by molar-refractivity contribution is 0.0721. The third-order valence-electron chi connectivity index (χ3n) is 4.75. The van der Waals surface area contributed by atoms with Crippen molar-refractivity contribution in [2.75, 3.05) is 40.3 Å². The van der Waals surface area contributed by atoms with Crippen LogP contribution in [0.15, 0.2) is 6.07 Å². The number of amides is 1. The number of carbonyl (C=O) groups is 1. The van der Waals surface area contributed by atoms with Crippen molar-refractivity contribution in [3.8, 4) is 0 Å². The van der Waals surface area contributed by atoms with Gasteiger partial charge < -0.3 is 20.3 Å². The van der Waals surface area contributed by atoms with E-state index in [1.54, 1.807) is 18.4 Å². The van der Waals surface area contributed by atoms with Gasteiger partial charge in [-0.25, -0.2) is 0 Å². The third-order valence-corrected chi connectivity index (χ3v) is 6.14. The van der Waals surface area contributed by atoms with Gasteiger partial charge in [0.25, 0.3) is 5.91 Å². The minimum atomic E-state index is -0.0840. The Hall–Kier alpha value is -0.950. The second kappa shape index (κ2) is 6.28. The summed E-state index contributed by atoms with van der Waals surface area (Å²) >= 11 is 1.66. The quantitative estimate of drug-likeness (QED) is 0.887. The van der Waals surface area contributed by atoms with Gasteiger partial charge in [-0.3, -0.25) is 4.79 Å². The molecule has 22 heavy (non-hydrogen) atoms. The molecule has 1 aromatic rings. The lowest BCUT2D eigenvalue weighted by Gasteiger charge is -2.17. The van der Waals surface area contributed by atoms with Gasteiger partial charge in [-0.2, -0.15) is 0 Å². The number of rotatable bonds is 2. The summed E-state index contributed by atoms with van der Waals surface area (Å²) in [5, 5.41) is 0. The van der Waals surface area contributed by atoms with E-state index in [1.165, 1.54) is 10.4 Å². The maximum absolute atomic E-state index is 12.7. The van der Waals surface area contributed by atoms with E-state index >= 15 is 0 Å². The van der Waals surface area contributed by atoms with Crippen LogP contribution in [0.2, 0.25) is 0 Å². The van der Waals surface area contributed by atoms with Crippen molar-refractivity contribution < 1.29 is 9.53 Å². The molecule has 3 rings (SSSR count). The Morgan fingerprint density at radius 3 is 2.86 bits per heavy atom. The van der Waals surface area contributed by atoms with Gasteiger partial charge in [-0.05, 0) is 25.1 Å². The van der Waals surface area contributed by atoms with Crippen LogP contribution in [0.1, 0.15) is 33.0 Å². The molecule has 0 saturated carbocycles. The number of likely N-dealkylation sites (N-methyl/N-ethyl adjacent to an activating group) is 1. The average molecular weight is 323 g/mol. The van der Waals surface area contributed by atoms with Crippen molar-refractivity contribution in [3.63, 3.8) is 0 Å². The highest BCUT2D eigenvalue weighted by atomic mass is 32.1. The number of thiophene rings is 1. The number of likely N-dealkylation sites (tertiary alicyclic amines) is 1. The summed E-state index contributed by atoms with van der Waals surface area (Å²) in [7, 11) is 3.82. The number of nitrogens with zero attached hydrogens (tertiary/aromatic N) is 2. The number of carbonyl (C=O) groups excluding carboxylic acids is 1. The summed E-state index contributed by atoms with van der Waals surface area (Å²) in [4.78, 5) is 19.2. The molecule has 1 saturated heterocycles. The van der Waals surface area contributed by atoms with Crippen molar-refractivity contribution in [1.29, 1.82) is 0 Å². The molecular formula is C16H25N3O2S. The molecule has 122 valence electrons. The summed E-state index contributed by atoms with van der Waals surface area (Å²) in [5.74, 6) is 0.593. The normalized spacial score (nSPS) is 29.5. The first-order valence-electron chi connectivity index (χ1n) is 7.88. The SMILES string of the molecule is COC1CN(C(=O)c2cc3c(s2)C(C)CN(C)CC3)CC1N. The van der Waals surface area contributed by atoms with Gasteiger partial charge in [0.1, 0.15) is 0 Å².